The molecule has 92 valence electrons. The lowest BCUT2D eigenvalue weighted by molar-refractivity contribution is 0.102. The van der Waals surface area contributed by atoms with Crippen molar-refractivity contribution in [2.75, 3.05) is 11.1 Å². The molecule has 5 heteroatoms. The van der Waals surface area contributed by atoms with Crippen molar-refractivity contribution in [3.63, 3.8) is 0 Å². The van der Waals surface area contributed by atoms with Gasteiger partial charge in [-0.2, -0.15) is 0 Å². The van der Waals surface area contributed by atoms with Crippen molar-refractivity contribution in [2.45, 2.75) is 6.92 Å². The average Bonchev–Trinajstić information content (AvgIpc) is 2.35. The van der Waals surface area contributed by atoms with Crippen LogP contribution >= 0.6 is 11.6 Å². The summed E-state index contributed by atoms with van der Waals surface area (Å²) in [5, 5.41) is 3.36. The van der Waals surface area contributed by atoms with Crippen molar-refractivity contribution in [2.24, 2.45) is 0 Å². The molecule has 0 saturated heterocycles. The molecule has 0 aliphatic heterocycles. The average molecular weight is 262 g/mol. The van der Waals surface area contributed by atoms with Gasteiger partial charge in [0.25, 0.3) is 5.91 Å². The first-order chi connectivity index (χ1) is 8.58. The van der Waals surface area contributed by atoms with Crippen molar-refractivity contribution in [1.82, 2.24) is 4.98 Å². The van der Waals surface area contributed by atoms with Gasteiger partial charge in [0.1, 0.15) is 11.5 Å². The van der Waals surface area contributed by atoms with Crippen molar-refractivity contribution in [1.29, 1.82) is 0 Å². The maximum atomic E-state index is 12.0. The summed E-state index contributed by atoms with van der Waals surface area (Å²) in [5.41, 5.74) is 7.28. The van der Waals surface area contributed by atoms with Crippen molar-refractivity contribution in [3.8, 4) is 0 Å². The highest BCUT2D eigenvalue weighted by molar-refractivity contribution is 6.31. The molecular formula is C13H12ClN3O. The normalized spacial score (nSPS) is 10.1. The molecule has 0 saturated carbocycles. The van der Waals surface area contributed by atoms with E-state index in [4.69, 9.17) is 17.3 Å². The van der Waals surface area contributed by atoms with Crippen LogP contribution in [-0.2, 0) is 0 Å². The number of aromatic nitrogens is 1. The molecule has 1 heterocycles. The fourth-order valence-electron chi connectivity index (χ4n) is 1.51. The highest BCUT2D eigenvalue weighted by Gasteiger charge is 2.10. The number of hydrogen-bond acceptors (Lipinski definition) is 3. The minimum Gasteiger partial charge on any atom is -0.384 e. The first-order valence-electron chi connectivity index (χ1n) is 5.37. The first-order valence-corrected chi connectivity index (χ1v) is 5.74. The van der Waals surface area contributed by atoms with E-state index in [-0.39, 0.29) is 11.6 Å². The number of carbonyl (C=O) groups excluding carboxylic acids is 1. The van der Waals surface area contributed by atoms with E-state index in [1.54, 1.807) is 36.4 Å². The molecule has 0 bridgehead atoms. The minimum atomic E-state index is -0.312. The minimum absolute atomic E-state index is 0.273. The lowest BCUT2D eigenvalue weighted by atomic mass is 10.2. The number of benzene rings is 1. The maximum Gasteiger partial charge on any atom is 0.274 e. The van der Waals surface area contributed by atoms with Gasteiger partial charge in [-0.15, -0.1) is 0 Å². The van der Waals surface area contributed by atoms with E-state index in [2.05, 4.69) is 10.3 Å². The van der Waals surface area contributed by atoms with Crippen molar-refractivity contribution < 1.29 is 4.79 Å². The van der Waals surface area contributed by atoms with Gasteiger partial charge >= 0.3 is 0 Å². The van der Waals surface area contributed by atoms with E-state index in [1.165, 1.54) is 0 Å². The van der Waals surface area contributed by atoms with Gasteiger partial charge in [-0.05, 0) is 36.8 Å². The van der Waals surface area contributed by atoms with Crippen LogP contribution in [0, 0.1) is 6.92 Å². The van der Waals surface area contributed by atoms with Crippen LogP contribution < -0.4 is 11.1 Å². The molecule has 2 aromatic rings. The van der Waals surface area contributed by atoms with Gasteiger partial charge < -0.3 is 11.1 Å². The Balaban J connectivity index is 2.24. The van der Waals surface area contributed by atoms with E-state index in [1.807, 2.05) is 6.92 Å². The smallest absolute Gasteiger partial charge is 0.274 e. The summed E-state index contributed by atoms with van der Waals surface area (Å²) < 4.78 is 0. The Kier molecular flexibility index (Phi) is 3.48. The third-order valence-electron chi connectivity index (χ3n) is 2.52. The lowest BCUT2D eigenvalue weighted by Gasteiger charge is -2.09. The Hall–Kier alpha value is -2.07. The lowest BCUT2D eigenvalue weighted by Crippen LogP contribution is -2.15. The summed E-state index contributed by atoms with van der Waals surface area (Å²) in [7, 11) is 0. The quantitative estimate of drug-likeness (QED) is 0.873. The molecule has 0 atom stereocenters. The van der Waals surface area contributed by atoms with E-state index in [0.29, 0.717) is 16.5 Å². The summed E-state index contributed by atoms with van der Waals surface area (Å²) in [4.78, 5) is 15.9. The fourth-order valence-corrected chi connectivity index (χ4v) is 1.68. The van der Waals surface area contributed by atoms with E-state index in [9.17, 15) is 4.79 Å². The topological polar surface area (TPSA) is 68.0 Å². The fraction of sp³-hybridized carbons (Fsp3) is 0.0769. The van der Waals surface area contributed by atoms with Crippen LogP contribution in [0.4, 0.5) is 11.5 Å². The van der Waals surface area contributed by atoms with Crippen LogP contribution in [0.3, 0.4) is 0 Å². The second-order valence-electron chi connectivity index (χ2n) is 3.81. The summed E-state index contributed by atoms with van der Waals surface area (Å²) in [6.45, 7) is 1.84. The zero-order chi connectivity index (χ0) is 13.1. The summed E-state index contributed by atoms with van der Waals surface area (Å²) >= 11 is 5.98. The number of anilines is 2. The molecule has 2 rings (SSSR count). The van der Waals surface area contributed by atoms with Gasteiger partial charge in [-0.25, -0.2) is 4.98 Å². The highest BCUT2D eigenvalue weighted by Crippen LogP contribution is 2.23. The van der Waals surface area contributed by atoms with E-state index in [0.717, 1.165) is 5.56 Å². The number of amides is 1. The third-order valence-corrected chi connectivity index (χ3v) is 2.93. The second kappa shape index (κ2) is 5.06. The number of nitrogens with zero attached hydrogens (tertiary/aromatic N) is 1. The largest absolute Gasteiger partial charge is 0.384 e. The number of nitrogen functional groups attached to an aromatic ring is 1. The second-order valence-corrected chi connectivity index (χ2v) is 4.22. The Morgan fingerprint density at radius 2 is 2.00 bits per heavy atom. The molecule has 3 N–H and O–H groups in total. The molecule has 1 amide bonds. The van der Waals surface area contributed by atoms with Crippen LogP contribution in [0.25, 0.3) is 0 Å². The van der Waals surface area contributed by atoms with Crippen LogP contribution in [-0.4, -0.2) is 10.9 Å². The number of hydrogen-bond donors (Lipinski definition) is 2. The molecule has 0 radical (unpaired) electrons. The molecular weight excluding hydrogens is 250 g/mol. The number of halogens is 1. The zero-order valence-corrected chi connectivity index (χ0v) is 10.5. The summed E-state index contributed by atoms with van der Waals surface area (Å²) in [6, 6.07) is 10.2. The standard InChI is InChI=1S/C13H12ClN3O/c1-8-9(14)4-2-5-10(8)17-13(18)11-6-3-7-12(15)16-11/h2-7H,1H3,(H2,15,16)(H,17,18). The predicted octanol–water partition coefficient (Wildman–Crippen LogP) is 2.88. The summed E-state index contributed by atoms with van der Waals surface area (Å²) in [6.07, 6.45) is 0. The molecule has 0 aliphatic carbocycles. The number of pyridine rings is 1. The Morgan fingerprint density at radius 1 is 1.28 bits per heavy atom. The van der Waals surface area contributed by atoms with E-state index >= 15 is 0 Å². The van der Waals surface area contributed by atoms with Crippen molar-refractivity contribution in [3.05, 3.63) is 52.7 Å². The van der Waals surface area contributed by atoms with Crippen LogP contribution in [0.15, 0.2) is 36.4 Å². The first kappa shape index (κ1) is 12.4. The molecule has 0 unspecified atom stereocenters. The number of carbonyl (C=O) groups is 1. The van der Waals surface area contributed by atoms with Crippen LogP contribution in [0.5, 0.6) is 0 Å². The predicted molar refractivity (Wildman–Crippen MR) is 72.8 cm³/mol. The molecule has 0 aliphatic rings. The monoisotopic (exact) mass is 261 g/mol. The Bertz CT molecular complexity index is 599. The van der Waals surface area contributed by atoms with Gasteiger partial charge in [-0.3, -0.25) is 4.79 Å². The highest BCUT2D eigenvalue weighted by atomic mass is 35.5. The maximum absolute atomic E-state index is 12.0. The molecule has 1 aromatic carbocycles. The van der Waals surface area contributed by atoms with Crippen LogP contribution in [0.1, 0.15) is 16.1 Å². The Labute approximate surface area is 110 Å². The SMILES string of the molecule is Cc1c(Cl)cccc1NC(=O)c1cccc(N)n1. The molecule has 1 aromatic heterocycles. The van der Waals surface area contributed by atoms with E-state index < -0.39 is 0 Å². The molecule has 18 heavy (non-hydrogen) atoms. The van der Waals surface area contributed by atoms with Gasteiger partial charge in [0.05, 0.1) is 0 Å². The molecule has 0 fully saturated rings. The van der Waals surface area contributed by atoms with Crippen molar-refractivity contribution >= 4 is 29.0 Å². The zero-order valence-electron chi connectivity index (χ0n) is 9.77. The summed E-state index contributed by atoms with van der Waals surface area (Å²) in [5.74, 6) is -0.00173. The Morgan fingerprint density at radius 3 is 2.72 bits per heavy atom. The number of nitrogens with two attached hydrogens (primary N) is 1. The number of rotatable bonds is 2. The van der Waals surface area contributed by atoms with Gasteiger partial charge in [0, 0.05) is 10.7 Å². The van der Waals surface area contributed by atoms with Crippen LogP contribution in [0.2, 0.25) is 5.02 Å². The third kappa shape index (κ3) is 2.60. The molecule has 4 nitrogen and oxygen atoms in total. The van der Waals surface area contributed by atoms with Gasteiger partial charge in [0.15, 0.2) is 0 Å². The van der Waals surface area contributed by atoms with Gasteiger partial charge in [0.2, 0.25) is 0 Å². The number of nitrogens with one attached hydrogen (secondary N) is 1. The molecule has 0 spiro atoms. The van der Waals surface area contributed by atoms with Gasteiger partial charge in [-0.1, -0.05) is 23.7 Å².